The number of unbranched alkanes of at least 4 members (excludes halogenated alkanes) is 20. The van der Waals surface area contributed by atoms with Crippen molar-refractivity contribution in [3.63, 3.8) is 0 Å². The van der Waals surface area contributed by atoms with Crippen LogP contribution in [0.25, 0.3) is 0 Å². The molecule has 9 heteroatoms. The van der Waals surface area contributed by atoms with E-state index in [1.54, 1.807) is 0 Å². The zero-order valence-corrected chi connectivity index (χ0v) is 30.9. The molecule has 0 aliphatic carbocycles. The molecule has 0 unspecified atom stereocenters. The van der Waals surface area contributed by atoms with Crippen molar-refractivity contribution < 1.29 is 61.6 Å². The van der Waals surface area contributed by atoms with Crippen LogP contribution >= 0.6 is 0 Å². The van der Waals surface area contributed by atoms with E-state index in [0.717, 1.165) is 57.4 Å². The van der Waals surface area contributed by atoms with Crippen LogP contribution in [0.3, 0.4) is 0 Å². The number of benzene rings is 1. The summed E-state index contributed by atoms with van der Waals surface area (Å²) in [6, 6.07) is 3.58. The topological polar surface area (TPSA) is 110 Å². The van der Waals surface area contributed by atoms with Gasteiger partial charge in [-0.3, -0.25) is 0 Å². The number of rotatable bonds is 29. The number of allylic oxidation sites excluding steroid dienone is 2. The zero-order valence-electron chi connectivity index (χ0n) is 28.0. The van der Waals surface area contributed by atoms with E-state index < -0.39 is 32.5 Å². The summed E-state index contributed by atoms with van der Waals surface area (Å²) in [4.78, 5) is 24.9. The Morgan fingerprint density at radius 1 is 0.600 bits per heavy atom. The van der Waals surface area contributed by atoms with Gasteiger partial charge < -0.3 is 14.0 Å². The van der Waals surface area contributed by atoms with E-state index in [-0.39, 0.29) is 48.3 Å². The van der Waals surface area contributed by atoms with Crippen LogP contribution in [0.2, 0.25) is 0 Å². The predicted molar refractivity (Wildman–Crippen MR) is 177 cm³/mol. The largest absolute Gasteiger partial charge is 1.00 e. The van der Waals surface area contributed by atoms with Crippen molar-refractivity contribution in [3.05, 3.63) is 54.6 Å². The number of ether oxygens (including phenoxy) is 2. The van der Waals surface area contributed by atoms with Crippen LogP contribution < -0.4 is 29.6 Å². The van der Waals surface area contributed by atoms with E-state index in [9.17, 15) is 22.6 Å². The fourth-order valence-corrected chi connectivity index (χ4v) is 5.90. The van der Waals surface area contributed by atoms with Crippen molar-refractivity contribution in [2.45, 2.75) is 146 Å². The van der Waals surface area contributed by atoms with Crippen LogP contribution in [-0.2, 0) is 19.6 Å². The van der Waals surface area contributed by atoms with E-state index in [4.69, 9.17) is 9.47 Å². The monoisotopic (exact) mass is 656 g/mol. The van der Waals surface area contributed by atoms with Crippen molar-refractivity contribution in [1.29, 1.82) is 0 Å². The van der Waals surface area contributed by atoms with Crippen LogP contribution in [0.5, 0.6) is 0 Å². The SMILES string of the molecule is C=CCCCCCCCCCCCCOC(=O)c1cccc(S(=O)(=O)[O-])c1C(=O)OCCCCCCCCCCCCC=C.[Na+]. The first-order chi connectivity index (χ1) is 21.3. The maximum Gasteiger partial charge on any atom is 1.00 e. The Hall–Kier alpha value is -1.45. The van der Waals surface area contributed by atoms with Gasteiger partial charge in [0.2, 0.25) is 0 Å². The molecule has 0 N–H and O–H groups in total. The third-order valence-electron chi connectivity index (χ3n) is 7.79. The molecule has 1 aromatic carbocycles. The summed E-state index contributed by atoms with van der Waals surface area (Å²) in [6.45, 7) is 7.73. The average molecular weight is 657 g/mol. The summed E-state index contributed by atoms with van der Waals surface area (Å²) in [5.41, 5.74) is -0.797. The molecule has 0 heterocycles. The number of hydrogen-bond acceptors (Lipinski definition) is 7. The summed E-state index contributed by atoms with van der Waals surface area (Å²) in [6.07, 6.45) is 28.3. The third kappa shape index (κ3) is 21.9. The standard InChI is InChI=1S/C36H58O7S.Na/c1-3-5-7-9-11-13-15-17-19-21-23-25-30-42-35(37)32-28-27-29-33(44(39,40)41)34(32)36(38)43-31-26-24-22-20-18-16-14-12-10-8-6-4-2;/h3-4,27-29H,1-2,5-26,30-31H2,(H,39,40,41);/q;+1/p-1. The first kappa shape index (κ1) is 43.5. The molecule has 1 aromatic rings. The van der Waals surface area contributed by atoms with Gasteiger partial charge in [0.1, 0.15) is 10.1 Å². The van der Waals surface area contributed by atoms with Crippen LogP contribution in [0.15, 0.2) is 48.4 Å². The van der Waals surface area contributed by atoms with Crippen molar-refractivity contribution in [1.82, 2.24) is 0 Å². The number of esters is 2. The molecule has 45 heavy (non-hydrogen) atoms. The molecule has 0 saturated carbocycles. The molecule has 250 valence electrons. The van der Waals surface area contributed by atoms with Crippen LogP contribution in [0, 0.1) is 0 Å². The molecule has 0 saturated heterocycles. The fourth-order valence-electron chi connectivity index (χ4n) is 5.21. The number of carbonyl (C=O) groups excluding carboxylic acids is 2. The van der Waals surface area contributed by atoms with Gasteiger partial charge in [0.05, 0.1) is 29.2 Å². The minimum absolute atomic E-state index is 0. The zero-order chi connectivity index (χ0) is 32.3. The Kier molecular flexibility index (Phi) is 27.8. The third-order valence-corrected chi connectivity index (χ3v) is 8.67. The Morgan fingerprint density at radius 2 is 0.956 bits per heavy atom. The second kappa shape index (κ2) is 28.7. The second-order valence-electron chi connectivity index (χ2n) is 11.6. The van der Waals surface area contributed by atoms with Gasteiger partial charge in [0.15, 0.2) is 0 Å². The minimum atomic E-state index is -5.01. The molecule has 0 bridgehead atoms. The second-order valence-corrected chi connectivity index (χ2v) is 13.0. The van der Waals surface area contributed by atoms with Gasteiger partial charge in [0.25, 0.3) is 0 Å². The summed E-state index contributed by atoms with van der Waals surface area (Å²) in [5, 5.41) is 0. The molecule has 0 radical (unpaired) electrons. The van der Waals surface area contributed by atoms with Gasteiger partial charge >= 0.3 is 41.5 Å². The smallest absolute Gasteiger partial charge is 0.744 e. The van der Waals surface area contributed by atoms with Gasteiger partial charge in [0, 0.05) is 0 Å². The molecular weight excluding hydrogens is 599 g/mol. The Labute approximate surface area is 296 Å². The molecule has 0 fully saturated rings. The molecule has 7 nitrogen and oxygen atoms in total. The molecule has 0 spiro atoms. The fraction of sp³-hybridized carbons (Fsp3) is 0.667. The van der Waals surface area contributed by atoms with Crippen molar-refractivity contribution in [2.24, 2.45) is 0 Å². The maximum absolute atomic E-state index is 12.9. The van der Waals surface area contributed by atoms with Gasteiger partial charge in [-0.15, -0.1) is 13.2 Å². The average Bonchev–Trinajstić information content (AvgIpc) is 3.00. The first-order valence-electron chi connectivity index (χ1n) is 17.0. The molecule has 1 rings (SSSR count). The van der Waals surface area contributed by atoms with Crippen LogP contribution in [0.4, 0.5) is 0 Å². The van der Waals surface area contributed by atoms with Crippen LogP contribution in [-0.4, -0.2) is 38.1 Å². The molecular formula is C36H57NaO7S. The Bertz CT molecular complexity index is 1060. The normalized spacial score (nSPS) is 11.0. The summed E-state index contributed by atoms with van der Waals surface area (Å²) in [5.74, 6) is -1.83. The van der Waals surface area contributed by atoms with E-state index in [1.807, 2.05) is 12.2 Å². The van der Waals surface area contributed by atoms with Crippen LogP contribution in [0.1, 0.15) is 162 Å². The van der Waals surface area contributed by atoms with E-state index in [2.05, 4.69) is 13.2 Å². The van der Waals surface area contributed by atoms with E-state index in [1.165, 1.54) is 89.2 Å². The molecule has 0 amide bonds. The summed E-state index contributed by atoms with van der Waals surface area (Å²) >= 11 is 0. The first-order valence-corrected chi connectivity index (χ1v) is 18.4. The van der Waals surface area contributed by atoms with E-state index >= 15 is 0 Å². The van der Waals surface area contributed by atoms with Crippen molar-refractivity contribution in [3.8, 4) is 0 Å². The van der Waals surface area contributed by atoms with Gasteiger partial charge in [-0.05, 0) is 50.7 Å². The quantitative estimate of drug-likeness (QED) is 0.0305. The maximum atomic E-state index is 12.9. The summed E-state index contributed by atoms with van der Waals surface area (Å²) < 4.78 is 46.3. The van der Waals surface area contributed by atoms with Crippen molar-refractivity contribution >= 4 is 22.1 Å². The number of hydrogen-bond donors (Lipinski definition) is 0. The van der Waals surface area contributed by atoms with E-state index in [0.29, 0.717) is 12.8 Å². The molecule has 0 atom stereocenters. The Morgan fingerprint density at radius 3 is 1.33 bits per heavy atom. The van der Waals surface area contributed by atoms with Crippen molar-refractivity contribution in [2.75, 3.05) is 13.2 Å². The summed E-state index contributed by atoms with van der Waals surface area (Å²) in [7, 11) is -5.01. The van der Waals surface area contributed by atoms with Gasteiger partial charge in [-0.2, -0.15) is 0 Å². The number of carbonyl (C=O) groups is 2. The predicted octanol–water partition coefficient (Wildman–Crippen LogP) is 6.86. The Balaban J connectivity index is 0.0000194. The molecule has 0 aromatic heterocycles. The molecule has 0 aliphatic heterocycles. The minimum Gasteiger partial charge on any atom is -0.744 e. The van der Waals surface area contributed by atoms with Gasteiger partial charge in [-0.25, -0.2) is 18.0 Å². The molecule has 0 aliphatic rings. The van der Waals surface area contributed by atoms with Gasteiger partial charge in [-0.1, -0.05) is 121 Å².